The number of nitrogens with zero attached hydrogens (tertiary/aromatic N) is 2. The molecule has 1 aromatic heterocycles. The molecule has 0 atom stereocenters. The summed E-state index contributed by atoms with van der Waals surface area (Å²) in [6.45, 7) is 0.736. The molecule has 3 aromatic rings. The van der Waals surface area contributed by atoms with E-state index in [-0.39, 0.29) is 0 Å². The molecule has 2 aromatic carbocycles. The van der Waals surface area contributed by atoms with Gasteiger partial charge in [0.05, 0.1) is 11.0 Å². The van der Waals surface area contributed by atoms with Crippen molar-refractivity contribution in [3.05, 3.63) is 63.3 Å². The molecule has 1 heterocycles. The number of alkyl halides is 1. The highest BCUT2D eigenvalue weighted by Gasteiger charge is 2.11. The standard InChI is InChI=1S/C16H13BrCl2N2/c17-12-4-5-14-15(9-12)21(16(20-14)6-7-18)10-11-2-1-3-13(19)8-11/h1-5,8-9H,6-7,10H2. The van der Waals surface area contributed by atoms with Crippen LogP contribution in [-0.4, -0.2) is 15.4 Å². The van der Waals surface area contributed by atoms with Crippen LogP contribution in [0.4, 0.5) is 0 Å². The van der Waals surface area contributed by atoms with Gasteiger partial charge in [-0.1, -0.05) is 39.7 Å². The van der Waals surface area contributed by atoms with Crippen LogP contribution in [0.1, 0.15) is 11.4 Å². The molecule has 0 saturated heterocycles. The molecule has 0 spiro atoms. The minimum Gasteiger partial charge on any atom is -0.323 e. The second-order valence-electron chi connectivity index (χ2n) is 4.82. The third-order valence-electron chi connectivity index (χ3n) is 3.34. The van der Waals surface area contributed by atoms with E-state index in [0.29, 0.717) is 5.88 Å². The summed E-state index contributed by atoms with van der Waals surface area (Å²) in [6, 6.07) is 14.0. The highest BCUT2D eigenvalue weighted by molar-refractivity contribution is 9.10. The molecule has 0 aliphatic rings. The highest BCUT2D eigenvalue weighted by Crippen LogP contribution is 2.23. The molecule has 2 nitrogen and oxygen atoms in total. The molecule has 0 aliphatic heterocycles. The summed E-state index contributed by atoms with van der Waals surface area (Å²) in [5.41, 5.74) is 3.24. The zero-order valence-corrected chi connectivity index (χ0v) is 14.3. The van der Waals surface area contributed by atoms with Crippen LogP contribution in [0.2, 0.25) is 5.02 Å². The largest absolute Gasteiger partial charge is 0.323 e. The molecule has 0 fully saturated rings. The summed E-state index contributed by atoms with van der Waals surface area (Å²) in [5, 5.41) is 0.747. The Kier molecular flexibility index (Phi) is 4.53. The summed E-state index contributed by atoms with van der Waals surface area (Å²) < 4.78 is 3.24. The van der Waals surface area contributed by atoms with E-state index >= 15 is 0 Å². The van der Waals surface area contributed by atoms with Gasteiger partial charge in [-0.05, 0) is 35.9 Å². The van der Waals surface area contributed by atoms with Crippen molar-refractivity contribution in [2.45, 2.75) is 13.0 Å². The molecule has 0 aliphatic carbocycles. The van der Waals surface area contributed by atoms with Gasteiger partial charge in [-0.25, -0.2) is 4.98 Å². The van der Waals surface area contributed by atoms with Gasteiger partial charge in [0.15, 0.2) is 0 Å². The van der Waals surface area contributed by atoms with Crippen molar-refractivity contribution in [3.63, 3.8) is 0 Å². The van der Waals surface area contributed by atoms with Crippen molar-refractivity contribution in [3.8, 4) is 0 Å². The van der Waals surface area contributed by atoms with E-state index in [1.165, 1.54) is 0 Å². The zero-order chi connectivity index (χ0) is 14.8. The fourth-order valence-corrected chi connectivity index (χ4v) is 3.15. The lowest BCUT2D eigenvalue weighted by Crippen LogP contribution is -2.06. The minimum atomic E-state index is 0.556. The normalized spacial score (nSPS) is 11.2. The molecule has 0 saturated carbocycles. The summed E-state index contributed by atoms with van der Waals surface area (Å²) in [4.78, 5) is 4.69. The topological polar surface area (TPSA) is 17.8 Å². The summed E-state index contributed by atoms with van der Waals surface area (Å²) in [5.74, 6) is 1.55. The van der Waals surface area contributed by atoms with Gasteiger partial charge in [-0.2, -0.15) is 0 Å². The lowest BCUT2D eigenvalue weighted by molar-refractivity contribution is 0.754. The smallest absolute Gasteiger partial charge is 0.111 e. The van der Waals surface area contributed by atoms with Crippen molar-refractivity contribution < 1.29 is 0 Å². The van der Waals surface area contributed by atoms with Crippen LogP contribution < -0.4 is 0 Å². The van der Waals surface area contributed by atoms with Gasteiger partial charge in [0.1, 0.15) is 5.82 Å². The number of aromatic nitrogens is 2. The zero-order valence-electron chi connectivity index (χ0n) is 11.2. The molecule has 0 unspecified atom stereocenters. The van der Waals surface area contributed by atoms with E-state index in [1.54, 1.807) is 0 Å². The number of rotatable bonds is 4. The van der Waals surface area contributed by atoms with Crippen LogP contribution in [-0.2, 0) is 13.0 Å². The monoisotopic (exact) mass is 382 g/mol. The van der Waals surface area contributed by atoms with E-state index < -0.39 is 0 Å². The van der Waals surface area contributed by atoms with Gasteiger partial charge >= 0.3 is 0 Å². The van der Waals surface area contributed by atoms with Crippen molar-refractivity contribution in [1.82, 2.24) is 9.55 Å². The summed E-state index contributed by atoms with van der Waals surface area (Å²) in [6.07, 6.45) is 0.744. The van der Waals surface area contributed by atoms with Crippen molar-refractivity contribution in [2.24, 2.45) is 0 Å². The first-order chi connectivity index (χ1) is 10.2. The third kappa shape index (κ3) is 3.25. The Morgan fingerprint density at radius 3 is 2.76 bits per heavy atom. The molecule has 3 rings (SSSR count). The second-order valence-corrected chi connectivity index (χ2v) is 6.55. The highest BCUT2D eigenvalue weighted by atomic mass is 79.9. The third-order valence-corrected chi connectivity index (χ3v) is 4.25. The Bertz CT molecular complexity index is 783. The number of imidazole rings is 1. The van der Waals surface area contributed by atoms with Gasteiger partial charge in [0.2, 0.25) is 0 Å². The van der Waals surface area contributed by atoms with Crippen LogP contribution in [0.25, 0.3) is 11.0 Å². The van der Waals surface area contributed by atoms with Crippen molar-refractivity contribution in [2.75, 3.05) is 5.88 Å². The molecular formula is C16H13BrCl2N2. The number of aryl methyl sites for hydroxylation is 1. The number of halogens is 3. The average molecular weight is 384 g/mol. The molecule has 0 bridgehead atoms. The van der Waals surface area contributed by atoms with E-state index in [0.717, 1.165) is 44.9 Å². The van der Waals surface area contributed by atoms with Crippen LogP contribution in [0.5, 0.6) is 0 Å². The molecule has 108 valence electrons. The number of benzene rings is 2. The van der Waals surface area contributed by atoms with Gasteiger partial charge in [-0.3, -0.25) is 0 Å². The predicted octanol–water partition coefficient (Wildman–Crippen LogP) is 5.28. The maximum atomic E-state index is 6.08. The average Bonchev–Trinajstić information content (AvgIpc) is 2.77. The van der Waals surface area contributed by atoms with Crippen LogP contribution in [0.3, 0.4) is 0 Å². The van der Waals surface area contributed by atoms with Gasteiger partial charge in [-0.15, -0.1) is 11.6 Å². The van der Waals surface area contributed by atoms with E-state index in [2.05, 4.69) is 37.6 Å². The Labute approximate surface area is 141 Å². The fourth-order valence-electron chi connectivity index (χ4n) is 2.42. The van der Waals surface area contributed by atoms with Crippen LogP contribution in [0.15, 0.2) is 46.9 Å². The quantitative estimate of drug-likeness (QED) is 0.560. The number of hydrogen-bond donors (Lipinski definition) is 0. The predicted molar refractivity (Wildman–Crippen MR) is 92.4 cm³/mol. The summed E-state index contributed by atoms with van der Waals surface area (Å²) >= 11 is 15.5. The Hall–Kier alpha value is -1.03. The van der Waals surface area contributed by atoms with Gasteiger partial charge in [0, 0.05) is 28.3 Å². The molecule has 0 radical (unpaired) electrons. The second kappa shape index (κ2) is 6.39. The first-order valence-electron chi connectivity index (χ1n) is 6.62. The van der Waals surface area contributed by atoms with Crippen molar-refractivity contribution >= 4 is 50.2 Å². The lowest BCUT2D eigenvalue weighted by atomic mass is 10.2. The van der Waals surface area contributed by atoms with Crippen LogP contribution in [0, 0.1) is 0 Å². The first kappa shape index (κ1) is 14.9. The van der Waals surface area contributed by atoms with Crippen LogP contribution >= 0.6 is 39.1 Å². The molecule has 0 N–H and O–H groups in total. The fraction of sp³-hybridized carbons (Fsp3) is 0.188. The minimum absolute atomic E-state index is 0.556. The van der Waals surface area contributed by atoms with Gasteiger partial charge < -0.3 is 4.57 Å². The SMILES string of the molecule is ClCCc1nc2ccc(Br)cc2n1Cc1cccc(Cl)c1. The van der Waals surface area contributed by atoms with E-state index in [1.807, 2.05) is 30.3 Å². The first-order valence-corrected chi connectivity index (χ1v) is 8.33. The van der Waals surface area contributed by atoms with Gasteiger partial charge in [0.25, 0.3) is 0 Å². The lowest BCUT2D eigenvalue weighted by Gasteiger charge is -2.09. The Morgan fingerprint density at radius 1 is 1.14 bits per heavy atom. The number of hydrogen-bond acceptors (Lipinski definition) is 1. The number of fused-ring (bicyclic) bond motifs is 1. The van der Waals surface area contributed by atoms with Crippen molar-refractivity contribution in [1.29, 1.82) is 0 Å². The molecule has 0 amide bonds. The summed E-state index contributed by atoms with van der Waals surface area (Å²) in [7, 11) is 0. The Morgan fingerprint density at radius 2 is 2.00 bits per heavy atom. The molecule has 21 heavy (non-hydrogen) atoms. The van der Waals surface area contributed by atoms with E-state index in [4.69, 9.17) is 23.2 Å². The van der Waals surface area contributed by atoms with E-state index in [9.17, 15) is 0 Å². The maximum absolute atomic E-state index is 6.08. The molecular weight excluding hydrogens is 371 g/mol. The maximum Gasteiger partial charge on any atom is 0.111 e. The Balaban J connectivity index is 2.10. The molecule has 5 heteroatoms.